The van der Waals surface area contributed by atoms with Crippen LogP contribution in [0.25, 0.3) is 0 Å². The van der Waals surface area contributed by atoms with Gasteiger partial charge in [-0.1, -0.05) is 6.07 Å². The fourth-order valence-electron chi connectivity index (χ4n) is 3.74. The summed E-state index contributed by atoms with van der Waals surface area (Å²) in [6, 6.07) is 8.76. The van der Waals surface area contributed by atoms with Crippen LogP contribution in [-0.2, 0) is 16.4 Å². The lowest BCUT2D eigenvalue weighted by molar-refractivity contribution is 0.251. The summed E-state index contributed by atoms with van der Waals surface area (Å²) in [6.45, 7) is 0.212. The molecular weight excluding hydrogens is 517 g/mol. The Bertz CT molecular complexity index is 1380. The Labute approximate surface area is 197 Å². The van der Waals surface area contributed by atoms with Crippen molar-refractivity contribution in [1.82, 2.24) is 9.97 Å². The van der Waals surface area contributed by atoms with Crippen molar-refractivity contribution in [1.29, 1.82) is 0 Å². The van der Waals surface area contributed by atoms with Crippen molar-refractivity contribution < 1.29 is 22.3 Å². The zero-order valence-corrected chi connectivity index (χ0v) is 19.7. The summed E-state index contributed by atoms with van der Waals surface area (Å²) < 4.78 is 45.0. The Morgan fingerprint density at radius 2 is 2.06 bits per heavy atom. The van der Waals surface area contributed by atoms with Crippen LogP contribution in [0.1, 0.15) is 5.56 Å². The van der Waals surface area contributed by atoms with Crippen LogP contribution in [-0.4, -0.2) is 43.8 Å². The molecule has 0 spiro atoms. The highest BCUT2D eigenvalue weighted by atomic mass is 79.9. The van der Waals surface area contributed by atoms with Gasteiger partial charge in [-0.3, -0.25) is 9.80 Å². The van der Waals surface area contributed by atoms with Crippen molar-refractivity contribution in [3.05, 3.63) is 58.4 Å². The van der Waals surface area contributed by atoms with E-state index in [4.69, 9.17) is 4.74 Å². The predicted octanol–water partition coefficient (Wildman–Crippen LogP) is 3.86. The molecule has 1 aromatic heterocycles. The quantitative estimate of drug-likeness (QED) is 0.544. The number of nitrogens with one attached hydrogen (secondary N) is 1. The van der Waals surface area contributed by atoms with E-state index in [9.17, 15) is 17.6 Å². The molecule has 2 aliphatic rings. The lowest BCUT2D eigenvalue weighted by Gasteiger charge is -2.34. The number of para-hydroxylation sites is 1. The van der Waals surface area contributed by atoms with Crippen molar-refractivity contribution in [2.45, 2.75) is 11.4 Å². The number of carbonyl (C=O) groups is 1. The molecule has 2 amide bonds. The van der Waals surface area contributed by atoms with Crippen LogP contribution in [0.15, 0.2) is 52.0 Å². The summed E-state index contributed by atoms with van der Waals surface area (Å²) >= 11 is 3.31. The van der Waals surface area contributed by atoms with Gasteiger partial charge in [0, 0.05) is 29.0 Å². The predicted molar refractivity (Wildman–Crippen MR) is 123 cm³/mol. The number of ether oxygens (including phenoxy) is 1. The first-order valence-corrected chi connectivity index (χ1v) is 12.3. The zero-order valence-electron chi connectivity index (χ0n) is 17.2. The highest BCUT2D eigenvalue weighted by molar-refractivity contribution is 9.10. The van der Waals surface area contributed by atoms with Crippen molar-refractivity contribution >= 4 is 54.9 Å². The average molecular weight is 534 g/mol. The van der Waals surface area contributed by atoms with Crippen molar-refractivity contribution in [2.75, 3.05) is 34.5 Å². The molecule has 9 nitrogen and oxygen atoms in total. The Morgan fingerprint density at radius 3 is 2.85 bits per heavy atom. The highest BCUT2D eigenvalue weighted by Gasteiger charge is 2.33. The molecule has 0 atom stereocenters. The van der Waals surface area contributed by atoms with Crippen LogP contribution < -0.4 is 19.9 Å². The number of fused-ring (bicyclic) bond motifs is 2. The average Bonchev–Trinajstić information content (AvgIpc) is 2.77. The number of hydrogen-bond acceptors (Lipinski definition) is 7. The second-order valence-electron chi connectivity index (χ2n) is 7.49. The number of anilines is 4. The number of carbonyl (C=O) groups excluding carboxylic acids is 1. The third-order valence-corrected chi connectivity index (χ3v) is 7.69. The van der Waals surface area contributed by atoms with Crippen molar-refractivity contribution in [2.24, 2.45) is 0 Å². The van der Waals surface area contributed by atoms with Gasteiger partial charge < -0.3 is 10.1 Å². The van der Waals surface area contributed by atoms with E-state index in [0.29, 0.717) is 27.3 Å². The van der Waals surface area contributed by atoms with E-state index in [0.717, 1.165) is 0 Å². The Balaban J connectivity index is 1.45. The number of benzene rings is 2. The molecule has 12 heteroatoms. The van der Waals surface area contributed by atoms with E-state index in [1.54, 1.807) is 37.5 Å². The molecular formula is C21H17BrFN5O4S. The largest absolute Gasteiger partial charge is 0.491 e. The molecule has 3 heterocycles. The number of halogens is 2. The van der Waals surface area contributed by atoms with Gasteiger partial charge in [-0.2, -0.15) is 4.98 Å². The minimum Gasteiger partial charge on any atom is -0.491 e. The van der Waals surface area contributed by atoms with Gasteiger partial charge in [-0.25, -0.2) is 22.6 Å². The molecule has 0 fully saturated rings. The molecule has 2 aliphatic heterocycles. The number of urea groups is 1. The highest BCUT2D eigenvalue weighted by Crippen LogP contribution is 2.36. The molecule has 3 aromatic rings. The molecule has 5 rings (SSSR count). The van der Waals surface area contributed by atoms with Gasteiger partial charge >= 0.3 is 6.03 Å². The van der Waals surface area contributed by atoms with Gasteiger partial charge in [0.05, 0.1) is 18.0 Å². The Hall–Kier alpha value is -3.25. The van der Waals surface area contributed by atoms with Crippen LogP contribution in [0, 0.1) is 5.82 Å². The van der Waals surface area contributed by atoms with E-state index in [1.165, 1.54) is 21.9 Å². The molecule has 0 radical (unpaired) electrons. The van der Waals surface area contributed by atoms with Gasteiger partial charge in [-0.05, 0) is 46.3 Å². The summed E-state index contributed by atoms with van der Waals surface area (Å²) in [6.07, 6.45) is 1.55. The topological polar surface area (TPSA) is 105 Å². The number of rotatable bonds is 3. The normalized spacial score (nSPS) is 16.6. The molecule has 1 N–H and O–H groups in total. The first-order valence-electron chi connectivity index (χ1n) is 9.86. The van der Waals surface area contributed by atoms with Gasteiger partial charge in [0.2, 0.25) is 5.95 Å². The number of aromatic nitrogens is 2. The monoisotopic (exact) mass is 533 g/mol. The SMILES string of the molecule is CN1C(=O)N(c2c(F)cccc2Br)Cc2cnc(Nc3ccc4c(c3)S(=O)(=O)CCO4)nc21. The van der Waals surface area contributed by atoms with Crippen LogP contribution >= 0.6 is 15.9 Å². The van der Waals surface area contributed by atoms with Crippen LogP contribution in [0.3, 0.4) is 0 Å². The number of amides is 2. The second kappa shape index (κ2) is 7.96. The van der Waals surface area contributed by atoms with Gasteiger partial charge in [-0.15, -0.1) is 0 Å². The Morgan fingerprint density at radius 1 is 1.24 bits per heavy atom. The van der Waals surface area contributed by atoms with Gasteiger partial charge in [0.25, 0.3) is 0 Å². The maximum absolute atomic E-state index is 14.5. The van der Waals surface area contributed by atoms with Crippen LogP contribution in [0.4, 0.5) is 32.3 Å². The minimum absolute atomic E-state index is 0.0830. The van der Waals surface area contributed by atoms with Crippen LogP contribution in [0.5, 0.6) is 5.75 Å². The summed E-state index contributed by atoms with van der Waals surface area (Å²) in [5.41, 5.74) is 1.23. The first-order chi connectivity index (χ1) is 15.7. The van der Waals surface area contributed by atoms with E-state index < -0.39 is 21.7 Å². The molecule has 0 aliphatic carbocycles. The van der Waals surface area contributed by atoms with E-state index in [2.05, 4.69) is 31.2 Å². The summed E-state index contributed by atoms with van der Waals surface area (Å²) in [5, 5.41) is 2.98. The smallest absolute Gasteiger partial charge is 0.330 e. The lowest BCUT2D eigenvalue weighted by Crippen LogP contribution is -2.46. The fraction of sp³-hybridized carbons (Fsp3) is 0.190. The molecule has 33 heavy (non-hydrogen) atoms. The molecule has 2 aromatic carbocycles. The number of nitrogens with zero attached hydrogens (tertiary/aromatic N) is 4. The standard InChI is InChI=1S/C21H17BrFN5O4S/c1-27-19-12(11-28(21(27)29)18-14(22)3-2-4-15(18)23)10-24-20(26-19)25-13-5-6-16-17(9-13)33(30,31)8-7-32-16/h2-6,9-10H,7-8,11H2,1H3,(H,24,25,26). The number of hydrogen-bond donors (Lipinski definition) is 1. The van der Waals surface area contributed by atoms with Crippen LogP contribution in [0.2, 0.25) is 0 Å². The summed E-state index contributed by atoms with van der Waals surface area (Å²) in [7, 11) is -1.88. The summed E-state index contributed by atoms with van der Waals surface area (Å²) in [5.74, 6) is 0.251. The van der Waals surface area contributed by atoms with Gasteiger partial charge in [0.15, 0.2) is 9.84 Å². The lowest BCUT2D eigenvalue weighted by atomic mass is 10.2. The van der Waals surface area contributed by atoms with E-state index in [1.807, 2.05) is 0 Å². The molecule has 0 bridgehead atoms. The van der Waals surface area contributed by atoms with E-state index in [-0.39, 0.29) is 35.4 Å². The molecule has 0 unspecified atom stereocenters. The minimum atomic E-state index is -3.43. The van der Waals surface area contributed by atoms with E-state index >= 15 is 0 Å². The Kier molecular flexibility index (Phi) is 5.20. The second-order valence-corrected chi connectivity index (χ2v) is 10.4. The fourth-order valence-corrected chi connectivity index (χ4v) is 5.56. The maximum Gasteiger partial charge on any atom is 0.330 e. The maximum atomic E-state index is 14.5. The van der Waals surface area contributed by atoms with Gasteiger partial charge in [0.1, 0.15) is 28.9 Å². The third-order valence-electron chi connectivity index (χ3n) is 5.36. The van der Waals surface area contributed by atoms with Crippen molar-refractivity contribution in [3.8, 4) is 5.75 Å². The zero-order chi connectivity index (χ0) is 23.3. The third kappa shape index (κ3) is 3.78. The molecule has 170 valence electrons. The number of sulfone groups is 1. The molecule has 0 saturated carbocycles. The van der Waals surface area contributed by atoms with Crippen molar-refractivity contribution in [3.63, 3.8) is 0 Å². The molecule has 0 saturated heterocycles. The summed E-state index contributed by atoms with van der Waals surface area (Å²) in [4.78, 5) is 24.5. The first kappa shape index (κ1) is 21.6.